The summed E-state index contributed by atoms with van der Waals surface area (Å²) in [6, 6.07) is -0.673. The Morgan fingerprint density at radius 2 is 1.80 bits per heavy atom. The molecule has 0 unspecified atom stereocenters. The zero-order valence-corrected chi connectivity index (χ0v) is 13.3. The lowest BCUT2D eigenvalue weighted by Crippen LogP contribution is -2.52. The highest BCUT2D eigenvalue weighted by Gasteiger charge is 2.28. The second-order valence-corrected chi connectivity index (χ2v) is 6.10. The van der Waals surface area contributed by atoms with Gasteiger partial charge in [-0.2, -0.15) is 0 Å². The summed E-state index contributed by atoms with van der Waals surface area (Å²) in [6.45, 7) is 10.8. The van der Waals surface area contributed by atoms with E-state index in [0.717, 1.165) is 6.42 Å². The molecule has 0 spiro atoms. The number of carbonyl (C=O) groups is 2. The summed E-state index contributed by atoms with van der Waals surface area (Å²) in [5.41, 5.74) is -0.611. The van der Waals surface area contributed by atoms with Crippen LogP contribution in [0.25, 0.3) is 0 Å². The zero-order chi connectivity index (χ0) is 15.9. The smallest absolute Gasteiger partial charge is 0.408 e. The molecular weight excluding hydrogens is 260 g/mol. The van der Waals surface area contributed by atoms with Gasteiger partial charge in [-0.3, -0.25) is 4.79 Å². The van der Waals surface area contributed by atoms with Crippen molar-refractivity contribution in [2.24, 2.45) is 5.92 Å². The quantitative estimate of drug-likeness (QED) is 0.690. The van der Waals surface area contributed by atoms with Crippen LogP contribution in [-0.4, -0.2) is 41.4 Å². The number of nitrogens with one attached hydrogen (secondary N) is 2. The number of hydrogen-bond acceptors (Lipinski definition) is 4. The van der Waals surface area contributed by atoms with E-state index < -0.39 is 23.8 Å². The molecule has 118 valence electrons. The van der Waals surface area contributed by atoms with Gasteiger partial charge in [-0.25, -0.2) is 4.79 Å². The van der Waals surface area contributed by atoms with Crippen LogP contribution in [0.3, 0.4) is 0 Å². The Hall–Kier alpha value is -1.30. The Morgan fingerprint density at radius 1 is 1.25 bits per heavy atom. The van der Waals surface area contributed by atoms with E-state index in [1.54, 1.807) is 27.7 Å². The van der Waals surface area contributed by atoms with Crippen LogP contribution in [0.4, 0.5) is 4.79 Å². The molecule has 0 heterocycles. The third-order valence-electron chi connectivity index (χ3n) is 2.74. The Bertz CT molecular complexity index is 324. The number of carbonyl (C=O) groups excluding carboxylic acids is 2. The summed E-state index contributed by atoms with van der Waals surface area (Å²) >= 11 is 0. The van der Waals surface area contributed by atoms with E-state index >= 15 is 0 Å². The molecular formula is C14H28N2O4. The summed E-state index contributed by atoms with van der Waals surface area (Å²) in [7, 11) is 0. The lowest BCUT2D eigenvalue weighted by Gasteiger charge is -2.26. The van der Waals surface area contributed by atoms with Crippen molar-refractivity contribution in [2.75, 3.05) is 6.54 Å². The number of rotatable bonds is 6. The lowest BCUT2D eigenvalue weighted by atomic mass is 9.98. The van der Waals surface area contributed by atoms with Crippen molar-refractivity contribution in [3.63, 3.8) is 0 Å². The predicted octanol–water partition coefficient (Wildman–Crippen LogP) is 1.42. The molecule has 0 aromatic rings. The number of amides is 2. The van der Waals surface area contributed by atoms with Crippen LogP contribution in [-0.2, 0) is 9.53 Å². The lowest BCUT2D eigenvalue weighted by molar-refractivity contribution is -0.124. The maximum atomic E-state index is 12.1. The molecule has 0 saturated heterocycles. The second-order valence-electron chi connectivity index (χ2n) is 6.10. The minimum Gasteiger partial charge on any atom is -0.444 e. The fraction of sp³-hybridized carbons (Fsp3) is 0.857. The van der Waals surface area contributed by atoms with E-state index in [2.05, 4.69) is 10.6 Å². The van der Waals surface area contributed by atoms with Gasteiger partial charge in [-0.1, -0.05) is 20.3 Å². The van der Waals surface area contributed by atoms with Gasteiger partial charge < -0.3 is 20.5 Å². The van der Waals surface area contributed by atoms with Crippen molar-refractivity contribution in [3.05, 3.63) is 0 Å². The molecule has 0 radical (unpaired) electrons. The van der Waals surface area contributed by atoms with Crippen LogP contribution in [0, 0.1) is 5.92 Å². The first-order chi connectivity index (χ1) is 9.06. The summed E-state index contributed by atoms with van der Waals surface area (Å²) in [5.74, 6) is -0.345. The highest BCUT2D eigenvalue weighted by atomic mass is 16.6. The van der Waals surface area contributed by atoms with Gasteiger partial charge in [0.2, 0.25) is 5.91 Å². The first kappa shape index (κ1) is 18.7. The molecule has 0 aliphatic carbocycles. The summed E-state index contributed by atoms with van der Waals surface area (Å²) in [6.07, 6.45) is -0.504. The van der Waals surface area contributed by atoms with Gasteiger partial charge in [0.25, 0.3) is 0 Å². The molecule has 20 heavy (non-hydrogen) atoms. The molecule has 6 heteroatoms. The minimum absolute atomic E-state index is 0.0310. The molecule has 3 N–H and O–H groups in total. The Balaban J connectivity index is 4.64. The summed E-state index contributed by atoms with van der Waals surface area (Å²) < 4.78 is 5.16. The van der Waals surface area contributed by atoms with Crippen LogP contribution in [0.1, 0.15) is 48.0 Å². The first-order valence-electron chi connectivity index (χ1n) is 7.02. The monoisotopic (exact) mass is 288 g/mol. The maximum absolute atomic E-state index is 12.1. The molecule has 0 bridgehead atoms. The van der Waals surface area contributed by atoms with Crippen molar-refractivity contribution in [3.8, 4) is 0 Å². The van der Waals surface area contributed by atoms with Gasteiger partial charge in [0, 0.05) is 6.54 Å². The normalized spacial score (nSPS) is 15.9. The molecule has 2 amide bonds. The molecule has 0 aliphatic rings. The predicted molar refractivity (Wildman–Crippen MR) is 77.3 cm³/mol. The van der Waals surface area contributed by atoms with E-state index in [9.17, 15) is 14.7 Å². The van der Waals surface area contributed by atoms with Crippen LogP contribution < -0.4 is 10.6 Å². The molecule has 0 saturated carbocycles. The van der Waals surface area contributed by atoms with Gasteiger partial charge in [0.15, 0.2) is 0 Å². The standard InChI is InChI=1S/C14H28N2O4/c1-7-9(2)11(12(18)15-8-10(3)17)16-13(19)20-14(4,5)6/h9-11,17H,7-8H2,1-6H3,(H,15,18)(H,16,19)/t9-,10-,11-/m0/s1. The van der Waals surface area contributed by atoms with Crippen LogP contribution in [0.2, 0.25) is 0 Å². The molecule has 0 aromatic heterocycles. The third-order valence-corrected chi connectivity index (χ3v) is 2.74. The highest BCUT2D eigenvalue weighted by Crippen LogP contribution is 2.11. The Morgan fingerprint density at radius 3 is 2.20 bits per heavy atom. The van der Waals surface area contributed by atoms with Gasteiger partial charge in [0.1, 0.15) is 11.6 Å². The van der Waals surface area contributed by atoms with Gasteiger partial charge >= 0.3 is 6.09 Å². The van der Waals surface area contributed by atoms with Crippen molar-refractivity contribution in [1.82, 2.24) is 10.6 Å². The minimum atomic E-state index is -0.673. The number of hydrogen-bond donors (Lipinski definition) is 3. The highest BCUT2D eigenvalue weighted by molar-refractivity contribution is 5.85. The van der Waals surface area contributed by atoms with E-state index in [1.165, 1.54) is 0 Å². The van der Waals surface area contributed by atoms with Gasteiger partial charge in [-0.05, 0) is 33.6 Å². The first-order valence-corrected chi connectivity index (χ1v) is 7.02. The average molecular weight is 288 g/mol. The van der Waals surface area contributed by atoms with Gasteiger partial charge in [-0.15, -0.1) is 0 Å². The van der Waals surface area contributed by atoms with Crippen molar-refractivity contribution in [1.29, 1.82) is 0 Å². The van der Waals surface area contributed by atoms with Crippen LogP contribution >= 0.6 is 0 Å². The molecule has 0 fully saturated rings. The number of aliphatic hydroxyl groups is 1. The fourth-order valence-electron chi connectivity index (χ4n) is 1.49. The van der Waals surface area contributed by atoms with E-state index in [4.69, 9.17) is 4.74 Å². The molecule has 0 rings (SSSR count). The van der Waals surface area contributed by atoms with E-state index in [0.29, 0.717) is 0 Å². The molecule has 0 aromatic carbocycles. The zero-order valence-electron chi connectivity index (χ0n) is 13.3. The Labute approximate surface area is 121 Å². The van der Waals surface area contributed by atoms with Crippen molar-refractivity contribution >= 4 is 12.0 Å². The van der Waals surface area contributed by atoms with Gasteiger partial charge in [0.05, 0.1) is 6.10 Å². The largest absolute Gasteiger partial charge is 0.444 e. The number of aliphatic hydroxyl groups excluding tert-OH is 1. The second kappa shape index (κ2) is 8.09. The maximum Gasteiger partial charge on any atom is 0.408 e. The molecule has 3 atom stereocenters. The topological polar surface area (TPSA) is 87.7 Å². The van der Waals surface area contributed by atoms with E-state index in [1.807, 2.05) is 13.8 Å². The molecule has 0 aliphatic heterocycles. The fourth-order valence-corrected chi connectivity index (χ4v) is 1.49. The third kappa shape index (κ3) is 7.99. The number of ether oxygens (including phenoxy) is 1. The van der Waals surface area contributed by atoms with Crippen molar-refractivity contribution < 1.29 is 19.4 Å². The van der Waals surface area contributed by atoms with E-state index in [-0.39, 0.29) is 18.4 Å². The van der Waals surface area contributed by atoms with Crippen LogP contribution in [0.5, 0.6) is 0 Å². The number of alkyl carbamates (subject to hydrolysis) is 1. The average Bonchev–Trinajstić information content (AvgIpc) is 2.29. The van der Waals surface area contributed by atoms with Crippen LogP contribution in [0.15, 0.2) is 0 Å². The Kier molecular flexibility index (Phi) is 7.57. The van der Waals surface area contributed by atoms with Crippen molar-refractivity contribution in [2.45, 2.75) is 65.7 Å². The SMILES string of the molecule is CC[C@H](C)[C@H](NC(=O)OC(C)(C)C)C(=O)NC[C@H](C)O. The summed E-state index contributed by atoms with van der Waals surface area (Å²) in [4.78, 5) is 23.8. The molecule has 6 nitrogen and oxygen atoms in total. The summed E-state index contributed by atoms with van der Waals surface area (Å²) in [5, 5.41) is 14.4.